The van der Waals surface area contributed by atoms with Crippen LogP contribution in [0.15, 0.2) is 35.5 Å². The average Bonchev–Trinajstić information content (AvgIpc) is 2.38. The van der Waals surface area contributed by atoms with Crippen molar-refractivity contribution in [2.24, 2.45) is 0 Å². The molecule has 5 heteroatoms. The number of benzene rings is 1. The largest absolute Gasteiger partial charge is 0.618 e. The van der Waals surface area contributed by atoms with Crippen molar-refractivity contribution < 1.29 is 13.1 Å². The summed E-state index contributed by atoms with van der Waals surface area (Å²) < 4.78 is 25.7. The van der Waals surface area contributed by atoms with Gasteiger partial charge in [-0.05, 0) is 44.4 Å². The number of sulfone groups is 1. The fraction of sp³-hybridized carbons (Fsp3) is 0.312. The Labute approximate surface area is 125 Å². The second-order valence-electron chi connectivity index (χ2n) is 5.44. The Morgan fingerprint density at radius 2 is 1.71 bits per heavy atom. The molecule has 0 spiro atoms. The lowest BCUT2D eigenvalue weighted by Crippen LogP contribution is -2.35. The molecule has 0 saturated carbocycles. The topological polar surface area (TPSA) is 61.1 Å². The van der Waals surface area contributed by atoms with Gasteiger partial charge in [-0.2, -0.15) is 4.73 Å². The maximum Gasteiger partial charge on any atom is 0.312 e. The van der Waals surface area contributed by atoms with Gasteiger partial charge in [0.1, 0.15) is 0 Å². The predicted molar refractivity (Wildman–Crippen MR) is 81.7 cm³/mol. The van der Waals surface area contributed by atoms with Crippen LogP contribution in [0.4, 0.5) is 0 Å². The van der Waals surface area contributed by atoms with Crippen LogP contribution in [-0.2, 0) is 15.6 Å². The predicted octanol–water partition coefficient (Wildman–Crippen LogP) is 2.53. The molecule has 0 aliphatic carbocycles. The van der Waals surface area contributed by atoms with E-state index in [0.717, 1.165) is 22.3 Å². The number of nitrogens with zero attached hydrogens (tertiary/aromatic N) is 1. The molecule has 0 aliphatic heterocycles. The van der Waals surface area contributed by atoms with Crippen molar-refractivity contribution >= 4 is 9.84 Å². The van der Waals surface area contributed by atoms with Crippen molar-refractivity contribution in [3.8, 4) is 0 Å². The minimum atomic E-state index is -3.69. The van der Waals surface area contributed by atoms with E-state index in [1.54, 1.807) is 19.9 Å². The third-order valence-electron chi connectivity index (χ3n) is 3.72. The van der Waals surface area contributed by atoms with E-state index in [-0.39, 0.29) is 10.8 Å². The smallest absolute Gasteiger partial charge is 0.312 e. The summed E-state index contributed by atoms with van der Waals surface area (Å²) in [6.45, 7) is 7.26. The summed E-state index contributed by atoms with van der Waals surface area (Å²) in [6.07, 6.45) is 1.25. The third kappa shape index (κ3) is 3.08. The molecule has 0 fully saturated rings. The van der Waals surface area contributed by atoms with Crippen molar-refractivity contribution in [1.82, 2.24) is 0 Å². The van der Waals surface area contributed by atoms with Gasteiger partial charge >= 0.3 is 5.03 Å². The number of hydrogen-bond acceptors (Lipinski definition) is 3. The SMILES string of the molecule is Cc1ccc(C)c(CS(=O)(=O)c2c(C)c(C)cc[n+]2[O-])c1. The minimum absolute atomic E-state index is 0.150. The van der Waals surface area contributed by atoms with Crippen molar-refractivity contribution in [2.45, 2.75) is 38.5 Å². The molecule has 0 amide bonds. The first-order chi connectivity index (χ1) is 9.72. The van der Waals surface area contributed by atoms with Gasteiger partial charge in [-0.1, -0.05) is 23.8 Å². The van der Waals surface area contributed by atoms with Gasteiger partial charge in [0.15, 0.2) is 6.20 Å². The molecular weight excluding hydrogens is 286 g/mol. The summed E-state index contributed by atoms with van der Waals surface area (Å²) in [5.41, 5.74) is 3.95. The highest BCUT2D eigenvalue weighted by molar-refractivity contribution is 7.90. The highest BCUT2D eigenvalue weighted by atomic mass is 32.2. The minimum Gasteiger partial charge on any atom is -0.618 e. The third-order valence-corrected chi connectivity index (χ3v) is 5.48. The number of aromatic nitrogens is 1. The van der Waals surface area contributed by atoms with Gasteiger partial charge in [-0.3, -0.25) is 0 Å². The lowest BCUT2D eigenvalue weighted by Gasteiger charge is -2.11. The van der Waals surface area contributed by atoms with Crippen LogP contribution in [-0.4, -0.2) is 8.42 Å². The quantitative estimate of drug-likeness (QED) is 0.646. The maximum atomic E-state index is 12.6. The Morgan fingerprint density at radius 1 is 1.05 bits per heavy atom. The Balaban J connectivity index is 2.54. The molecule has 1 aromatic heterocycles. The van der Waals surface area contributed by atoms with Gasteiger partial charge in [0.2, 0.25) is 9.84 Å². The first-order valence-electron chi connectivity index (χ1n) is 6.70. The van der Waals surface area contributed by atoms with Crippen molar-refractivity contribution in [2.75, 3.05) is 0 Å². The zero-order chi connectivity index (χ0) is 15.8. The van der Waals surface area contributed by atoms with Crippen LogP contribution in [0.2, 0.25) is 0 Å². The van der Waals surface area contributed by atoms with Crippen LogP contribution in [0.1, 0.15) is 27.8 Å². The van der Waals surface area contributed by atoms with E-state index in [0.29, 0.717) is 10.3 Å². The second kappa shape index (κ2) is 5.48. The molecule has 2 aromatic rings. The van der Waals surface area contributed by atoms with Gasteiger partial charge in [-0.25, -0.2) is 8.42 Å². The molecule has 0 N–H and O–H groups in total. The van der Waals surface area contributed by atoms with Crippen LogP contribution in [0, 0.1) is 32.9 Å². The summed E-state index contributed by atoms with van der Waals surface area (Å²) in [7, 11) is -3.69. The molecule has 2 rings (SSSR count). The highest BCUT2D eigenvalue weighted by Gasteiger charge is 2.28. The molecule has 0 bridgehead atoms. The van der Waals surface area contributed by atoms with E-state index in [4.69, 9.17) is 0 Å². The number of pyridine rings is 1. The van der Waals surface area contributed by atoms with Crippen LogP contribution >= 0.6 is 0 Å². The Morgan fingerprint density at radius 3 is 2.38 bits per heavy atom. The molecule has 0 radical (unpaired) electrons. The van der Waals surface area contributed by atoms with Crippen LogP contribution in [0.3, 0.4) is 0 Å². The van der Waals surface area contributed by atoms with E-state index in [1.165, 1.54) is 6.20 Å². The van der Waals surface area contributed by atoms with Crippen LogP contribution in [0.5, 0.6) is 0 Å². The van der Waals surface area contributed by atoms with Gasteiger partial charge in [0.25, 0.3) is 0 Å². The maximum absolute atomic E-state index is 12.6. The summed E-state index contributed by atoms with van der Waals surface area (Å²) in [5, 5.41) is 11.8. The normalized spacial score (nSPS) is 11.6. The second-order valence-corrected chi connectivity index (χ2v) is 7.35. The van der Waals surface area contributed by atoms with Crippen LogP contribution in [0.25, 0.3) is 0 Å². The lowest BCUT2D eigenvalue weighted by atomic mass is 10.1. The van der Waals surface area contributed by atoms with Crippen molar-refractivity contribution in [3.05, 3.63) is 63.5 Å². The fourth-order valence-corrected chi connectivity index (χ4v) is 4.13. The molecule has 1 aromatic carbocycles. The van der Waals surface area contributed by atoms with Crippen molar-refractivity contribution in [1.29, 1.82) is 0 Å². The molecular formula is C16H19NO3S. The highest BCUT2D eigenvalue weighted by Crippen LogP contribution is 2.21. The summed E-state index contributed by atoms with van der Waals surface area (Å²) in [6, 6.07) is 7.32. The first-order valence-corrected chi connectivity index (χ1v) is 8.36. The van der Waals surface area contributed by atoms with Gasteiger partial charge < -0.3 is 5.21 Å². The molecule has 0 saturated heterocycles. The number of rotatable bonds is 3. The zero-order valence-electron chi connectivity index (χ0n) is 12.7. The van der Waals surface area contributed by atoms with Gasteiger partial charge in [-0.15, -0.1) is 0 Å². The molecule has 1 heterocycles. The van der Waals surface area contributed by atoms with Crippen molar-refractivity contribution in [3.63, 3.8) is 0 Å². The van der Waals surface area contributed by atoms with E-state index >= 15 is 0 Å². The standard InChI is InChI=1S/C16H19NO3S/c1-11-5-6-13(3)15(9-11)10-21(19,20)16-14(4)12(2)7-8-17(16)18/h5-9H,10H2,1-4H3. The van der Waals surface area contributed by atoms with E-state index in [1.807, 2.05) is 32.0 Å². The number of aryl methyl sites for hydroxylation is 3. The zero-order valence-corrected chi connectivity index (χ0v) is 13.5. The summed E-state index contributed by atoms with van der Waals surface area (Å²) in [5.74, 6) is -0.160. The fourth-order valence-electron chi connectivity index (χ4n) is 2.31. The molecule has 0 unspecified atom stereocenters. The first kappa shape index (κ1) is 15.5. The molecule has 0 atom stereocenters. The number of hydrogen-bond donors (Lipinski definition) is 0. The molecule has 4 nitrogen and oxygen atoms in total. The monoisotopic (exact) mass is 305 g/mol. The van der Waals surface area contributed by atoms with Gasteiger partial charge in [0, 0.05) is 11.6 Å². The Kier molecular flexibility index (Phi) is 4.05. The van der Waals surface area contributed by atoms with E-state index < -0.39 is 9.84 Å². The summed E-state index contributed by atoms with van der Waals surface area (Å²) in [4.78, 5) is 0. The Hall–Kier alpha value is -1.88. The van der Waals surface area contributed by atoms with Gasteiger partial charge in [0.05, 0.1) is 5.75 Å². The Bertz CT molecular complexity index is 795. The lowest BCUT2D eigenvalue weighted by molar-refractivity contribution is -0.647. The van der Waals surface area contributed by atoms with E-state index in [9.17, 15) is 13.6 Å². The molecule has 112 valence electrons. The van der Waals surface area contributed by atoms with Crippen LogP contribution < -0.4 is 4.73 Å². The summed E-state index contributed by atoms with van der Waals surface area (Å²) >= 11 is 0. The average molecular weight is 305 g/mol. The molecule has 0 aliphatic rings. The molecule has 21 heavy (non-hydrogen) atoms. The van der Waals surface area contributed by atoms with E-state index in [2.05, 4.69) is 0 Å².